The first kappa shape index (κ1) is 13.5. The maximum atomic E-state index is 11.8. The summed E-state index contributed by atoms with van der Waals surface area (Å²) >= 11 is 3.30. The van der Waals surface area contributed by atoms with Crippen LogP contribution in [0.1, 0.15) is 12.0 Å². The number of carbonyl (C=O) groups is 2. The van der Waals surface area contributed by atoms with Crippen LogP contribution in [-0.2, 0) is 14.4 Å². The first-order valence-corrected chi connectivity index (χ1v) is 6.15. The minimum absolute atomic E-state index is 0.0589. The molecule has 1 aliphatic heterocycles. The zero-order valence-electron chi connectivity index (χ0n) is 9.88. The van der Waals surface area contributed by atoms with E-state index in [2.05, 4.69) is 31.4 Å². The molecule has 1 amide bonds. The summed E-state index contributed by atoms with van der Waals surface area (Å²) in [5.74, 6) is -1.29. The molecule has 0 fully saturated rings. The van der Waals surface area contributed by atoms with Crippen molar-refractivity contribution in [2.75, 3.05) is 5.32 Å². The van der Waals surface area contributed by atoms with Gasteiger partial charge in [-0.05, 0) is 34.5 Å². The number of rotatable bonds is 3. The highest BCUT2D eigenvalue weighted by Gasteiger charge is 2.31. The Labute approximate surface area is 116 Å². The predicted octanol–water partition coefficient (Wildman–Crippen LogP) is 1.32. The molecular weight excluding hydrogens is 318 g/mol. The lowest BCUT2D eigenvalue weighted by atomic mass is 10.1. The van der Waals surface area contributed by atoms with Gasteiger partial charge in [0.2, 0.25) is 6.10 Å². The number of oxime groups is 1. The summed E-state index contributed by atoms with van der Waals surface area (Å²) in [5, 5.41) is 14.6. The number of carboxylic acid groups (broad SMARTS) is 1. The van der Waals surface area contributed by atoms with Crippen LogP contribution in [-0.4, -0.2) is 33.8 Å². The molecule has 7 nitrogen and oxygen atoms in total. The lowest BCUT2D eigenvalue weighted by molar-refractivity contribution is -0.129. The van der Waals surface area contributed by atoms with Gasteiger partial charge < -0.3 is 15.3 Å². The summed E-state index contributed by atoms with van der Waals surface area (Å²) in [5.41, 5.74) is 0.750. The Kier molecular flexibility index (Phi) is 3.79. The van der Waals surface area contributed by atoms with Crippen molar-refractivity contribution in [3.63, 3.8) is 0 Å². The van der Waals surface area contributed by atoms with Gasteiger partial charge in [0.1, 0.15) is 5.82 Å². The molecule has 2 N–H and O–H groups in total. The van der Waals surface area contributed by atoms with E-state index in [1.807, 2.05) is 6.92 Å². The highest BCUT2D eigenvalue weighted by atomic mass is 79.9. The van der Waals surface area contributed by atoms with Gasteiger partial charge >= 0.3 is 5.97 Å². The first-order chi connectivity index (χ1) is 8.97. The summed E-state index contributed by atoms with van der Waals surface area (Å²) in [7, 11) is 0. The van der Waals surface area contributed by atoms with Gasteiger partial charge in [0.25, 0.3) is 5.91 Å². The summed E-state index contributed by atoms with van der Waals surface area (Å²) in [6.07, 6.45) is 0.577. The summed E-state index contributed by atoms with van der Waals surface area (Å²) in [6.45, 7) is 1.86. The Bertz CT molecular complexity index is 573. The zero-order valence-corrected chi connectivity index (χ0v) is 11.5. The van der Waals surface area contributed by atoms with Gasteiger partial charge in [-0.1, -0.05) is 5.16 Å². The minimum Gasteiger partial charge on any atom is -0.477 e. The fraction of sp³-hybridized carbons (Fsp3) is 0.273. The highest BCUT2D eigenvalue weighted by Crippen LogP contribution is 2.18. The number of amides is 1. The SMILES string of the molecule is Cc1cc(NC(=O)C2CC(C(=O)O)=NO2)ncc1Br. The molecule has 1 unspecified atom stereocenters. The van der Waals surface area contributed by atoms with Crippen LogP contribution in [0.5, 0.6) is 0 Å². The van der Waals surface area contributed by atoms with Crippen molar-refractivity contribution in [1.82, 2.24) is 4.98 Å². The van der Waals surface area contributed by atoms with E-state index in [0.29, 0.717) is 5.82 Å². The van der Waals surface area contributed by atoms with E-state index in [0.717, 1.165) is 10.0 Å². The van der Waals surface area contributed by atoms with Crippen molar-refractivity contribution in [3.05, 3.63) is 22.3 Å². The van der Waals surface area contributed by atoms with Gasteiger partial charge in [-0.2, -0.15) is 0 Å². The number of aliphatic carboxylic acids is 1. The third kappa shape index (κ3) is 3.08. The number of carboxylic acids is 1. The van der Waals surface area contributed by atoms with Crippen LogP contribution in [0.2, 0.25) is 0 Å². The van der Waals surface area contributed by atoms with E-state index in [1.165, 1.54) is 0 Å². The Morgan fingerprint density at radius 1 is 1.58 bits per heavy atom. The summed E-state index contributed by atoms with van der Waals surface area (Å²) in [4.78, 5) is 31.3. The van der Waals surface area contributed by atoms with Crippen molar-refractivity contribution < 1.29 is 19.5 Å². The predicted molar refractivity (Wildman–Crippen MR) is 69.9 cm³/mol. The topological polar surface area (TPSA) is 101 Å². The molecule has 0 radical (unpaired) electrons. The van der Waals surface area contributed by atoms with Crippen LogP contribution in [0.15, 0.2) is 21.9 Å². The van der Waals surface area contributed by atoms with Crippen LogP contribution in [0.25, 0.3) is 0 Å². The second-order valence-electron chi connectivity index (χ2n) is 3.95. The fourth-order valence-corrected chi connectivity index (χ4v) is 1.68. The van der Waals surface area contributed by atoms with Crippen LogP contribution < -0.4 is 5.32 Å². The zero-order chi connectivity index (χ0) is 14.0. The average molecular weight is 328 g/mol. The van der Waals surface area contributed by atoms with Crippen LogP contribution in [0, 0.1) is 6.92 Å². The molecule has 0 aromatic carbocycles. The van der Waals surface area contributed by atoms with Gasteiger partial charge in [-0.3, -0.25) is 4.79 Å². The second-order valence-corrected chi connectivity index (χ2v) is 4.80. The van der Waals surface area contributed by atoms with E-state index >= 15 is 0 Å². The van der Waals surface area contributed by atoms with E-state index in [-0.39, 0.29) is 12.1 Å². The molecule has 1 aromatic rings. The van der Waals surface area contributed by atoms with Crippen molar-refractivity contribution in [2.45, 2.75) is 19.4 Å². The number of carbonyl (C=O) groups excluding carboxylic acids is 1. The molecule has 1 aliphatic rings. The summed E-state index contributed by atoms with van der Waals surface area (Å²) in [6, 6.07) is 1.69. The molecule has 100 valence electrons. The number of aromatic nitrogens is 1. The molecule has 1 aromatic heterocycles. The Morgan fingerprint density at radius 2 is 2.32 bits per heavy atom. The average Bonchev–Trinajstić information content (AvgIpc) is 2.83. The molecule has 8 heteroatoms. The first-order valence-electron chi connectivity index (χ1n) is 5.36. The summed E-state index contributed by atoms with van der Waals surface area (Å²) < 4.78 is 0.833. The standard InChI is InChI=1S/C11H10BrN3O4/c1-5-2-9(13-4-6(5)12)14-10(16)8-3-7(11(17)18)15-19-8/h2,4,8H,3H2,1H3,(H,17,18)(H,13,14,16). The van der Waals surface area contributed by atoms with Gasteiger partial charge in [-0.15, -0.1) is 0 Å². The van der Waals surface area contributed by atoms with Gasteiger partial charge in [0.15, 0.2) is 5.71 Å². The normalized spacial score (nSPS) is 17.6. The van der Waals surface area contributed by atoms with Gasteiger partial charge in [0, 0.05) is 17.1 Å². The molecule has 0 saturated heterocycles. The molecule has 2 heterocycles. The van der Waals surface area contributed by atoms with Crippen molar-refractivity contribution in [1.29, 1.82) is 0 Å². The van der Waals surface area contributed by atoms with Crippen molar-refractivity contribution in [3.8, 4) is 0 Å². The molecule has 0 spiro atoms. The van der Waals surface area contributed by atoms with Gasteiger partial charge in [0.05, 0.1) is 0 Å². The lowest BCUT2D eigenvalue weighted by Gasteiger charge is -2.09. The van der Waals surface area contributed by atoms with Gasteiger partial charge in [-0.25, -0.2) is 9.78 Å². The third-order valence-corrected chi connectivity index (χ3v) is 3.34. The number of hydrogen-bond acceptors (Lipinski definition) is 5. The Morgan fingerprint density at radius 3 is 2.89 bits per heavy atom. The van der Waals surface area contributed by atoms with Crippen molar-refractivity contribution >= 4 is 39.3 Å². The number of hydrogen-bond donors (Lipinski definition) is 2. The molecule has 2 rings (SSSR count). The minimum atomic E-state index is -1.19. The number of pyridine rings is 1. The fourth-order valence-electron chi connectivity index (χ4n) is 1.46. The monoisotopic (exact) mass is 327 g/mol. The largest absolute Gasteiger partial charge is 0.477 e. The lowest BCUT2D eigenvalue weighted by Crippen LogP contribution is -2.29. The van der Waals surface area contributed by atoms with Crippen LogP contribution >= 0.6 is 15.9 Å². The maximum absolute atomic E-state index is 11.8. The van der Waals surface area contributed by atoms with Crippen molar-refractivity contribution in [2.24, 2.45) is 5.16 Å². The second kappa shape index (κ2) is 5.35. The number of halogens is 1. The van der Waals surface area contributed by atoms with E-state index < -0.39 is 18.0 Å². The van der Waals surface area contributed by atoms with E-state index in [1.54, 1.807) is 12.3 Å². The highest BCUT2D eigenvalue weighted by molar-refractivity contribution is 9.10. The number of aryl methyl sites for hydroxylation is 1. The van der Waals surface area contributed by atoms with Crippen LogP contribution in [0.4, 0.5) is 5.82 Å². The Hall–Kier alpha value is -1.96. The molecule has 0 saturated carbocycles. The number of anilines is 1. The quantitative estimate of drug-likeness (QED) is 0.871. The Balaban J connectivity index is 1.99. The maximum Gasteiger partial charge on any atom is 0.353 e. The molecule has 0 bridgehead atoms. The van der Waals surface area contributed by atoms with Crippen LogP contribution in [0.3, 0.4) is 0 Å². The third-order valence-electron chi connectivity index (χ3n) is 2.51. The van der Waals surface area contributed by atoms with E-state index in [9.17, 15) is 9.59 Å². The molecule has 1 atom stereocenters. The molecule has 0 aliphatic carbocycles. The number of nitrogens with one attached hydrogen (secondary N) is 1. The number of nitrogens with zero attached hydrogens (tertiary/aromatic N) is 2. The molecule has 19 heavy (non-hydrogen) atoms. The smallest absolute Gasteiger partial charge is 0.353 e. The molecular formula is C11H10BrN3O4. The van der Waals surface area contributed by atoms with E-state index in [4.69, 9.17) is 9.94 Å².